The molecule has 0 fully saturated rings. The Labute approximate surface area is 316 Å². The fourth-order valence-corrected chi connectivity index (χ4v) is 9.47. The molecular weight excluding hydrogens is 683 g/mol. The molecule has 258 valence electrons. The van der Waals surface area contributed by atoms with Gasteiger partial charge in [-0.05, 0) is 58.1 Å². The van der Waals surface area contributed by atoms with E-state index in [0.29, 0.717) is 17.2 Å². The van der Waals surface area contributed by atoms with Crippen LogP contribution < -0.4 is 14.8 Å². The summed E-state index contributed by atoms with van der Waals surface area (Å²) >= 11 is 1.81. The topological polar surface area (TPSA) is 55.2 Å². The lowest BCUT2D eigenvalue weighted by Crippen LogP contribution is -2.36. The molecule has 0 radical (unpaired) electrons. The number of nitrogens with zero attached hydrogens (tertiary/aromatic N) is 2. The zero-order valence-electron chi connectivity index (χ0n) is 29.6. The average Bonchev–Trinajstić information content (AvgIpc) is 3.70. The lowest BCUT2D eigenvalue weighted by molar-refractivity contribution is 0.360. The van der Waals surface area contributed by atoms with Crippen LogP contribution in [0, 0.1) is 0 Å². The molecule has 1 unspecified atom stereocenters. The summed E-state index contributed by atoms with van der Waals surface area (Å²) in [4.78, 5) is 10.6. The van der Waals surface area contributed by atoms with E-state index in [1.165, 1.54) is 42.4 Å². The summed E-state index contributed by atoms with van der Waals surface area (Å²) in [7, 11) is 0. The van der Waals surface area contributed by atoms with E-state index in [1.54, 1.807) is 11.3 Å². The Balaban J connectivity index is 1.02. The van der Waals surface area contributed by atoms with Crippen LogP contribution in [0.4, 0.5) is 0 Å². The van der Waals surface area contributed by atoms with Crippen LogP contribution in [0.3, 0.4) is 0 Å². The van der Waals surface area contributed by atoms with E-state index < -0.39 is 6.17 Å². The standard InChI is InChI=1S/C48H33N3O2S/c1-48(2)37-20-10-8-16-31(37)36-26-40-41(27-38(36)48)52-39-21-12-19-34(44(39)53-40)30-15-6-7-18-35(30)47-50-45(28-13-4-3-5-14-28)49-46(51-47)29-23-24-33-32-17-9-11-22-42(32)54-43(33)25-29/h3-27,47H,1-2H3,(H,49,50,51). The second kappa shape index (κ2) is 11.8. The third-order valence-corrected chi connectivity index (χ3v) is 12.2. The first kappa shape index (κ1) is 31.1. The maximum atomic E-state index is 6.85. The van der Waals surface area contributed by atoms with Crippen molar-refractivity contribution in [1.82, 2.24) is 5.32 Å². The summed E-state index contributed by atoms with van der Waals surface area (Å²) in [5, 5.41) is 6.13. The highest BCUT2D eigenvalue weighted by molar-refractivity contribution is 7.25. The molecule has 11 rings (SSSR count). The number of rotatable bonds is 4. The summed E-state index contributed by atoms with van der Waals surface area (Å²) in [6.45, 7) is 4.55. The molecule has 7 aromatic carbocycles. The third-order valence-electron chi connectivity index (χ3n) is 11.0. The van der Waals surface area contributed by atoms with Gasteiger partial charge in [-0.25, -0.2) is 9.98 Å². The molecule has 1 atom stereocenters. The fraction of sp³-hybridized carbons (Fsp3) is 0.0833. The van der Waals surface area contributed by atoms with Gasteiger partial charge < -0.3 is 14.8 Å². The van der Waals surface area contributed by atoms with Crippen molar-refractivity contribution >= 4 is 43.2 Å². The van der Waals surface area contributed by atoms with E-state index in [9.17, 15) is 0 Å². The lowest BCUT2D eigenvalue weighted by Gasteiger charge is -2.27. The van der Waals surface area contributed by atoms with E-state index in [-0.39, 0.29) is 5.41 Å². The fourth-order valence-electron chi connectivity index (χ4n) is 8.33. The van der Waals surface area contributed by atoms with Gasteiger partial charge in [0.1, 0.15) is 11.7 Å². The predicted molar refractivity (Wildman–Crippen MR) is 221 cm³/mol. The molecule has 1 aromatic heterocycles. The SMILES string of the molecule is CC1(C)c2ccccc2-c2cc3c(cc21)Oc1cccc(-c2ccccc2C2N=C(c4ccccc4)NC(c4ccc5c(c4)sc4ccccc45)=N2)c1O3. The van der Waals surface area contributed by atoms with Crippen LogP contribution in [0.15, 0.2) is 162 Å². The summed E-state index contributed by atoms with van der Waals surface area (Å²) < 4.78 is 16.0. The second-order valence-corrected chi connectivity index (χ2v) is 15.7. The molecule has 5 nitrogen and oxygen atoms in total. The molecule has 3 aliphatic rings. The number of aliphatic imine (C=N–C) groups is 2. The monoisotopic (exact) mass is 715 g/mol. The summed E-state index contributed by atoms with van der Waals surface area (Å²) in [6, 6.07) is 52.9. The van der Waals surface area contributed by atoms with Gasteiger partial charge in [0.2, 0.25) is 0 Å². The van der Waals surface area contributed by atoms with E-state index in [0.717, 1.165) is 45.2 Å². The van der Waals surface area contributed by atoms with Gasteiger partial charge in [-0.1, -0.05) is 135 Å². The first-order valence-electron chi connectivity index (χ1n) is 18.3. The Hall–Kier alpha value is -6.50. The molecule has 6 heteroatoms. The van der Waals surface area contributed by atoms with Gasteiger partial charge >= 0.3 is 0 Å². The van der Waals surface area contributed by atoms with Crippen molar-refractivity contribution in [2.24, 2.45) is 9.98 Å². The second-order valence-electron chi connectivity index (χ2n) is 14.6. The van der Waals surface area contributed by atoms with Crippen LogP contribution in [0.25, 0.3) is 42.4 Å². The number of thiophene rings is 1. The minimum absolute atomic E-state index is 0.137. The van der Waals surface area contributed by atoms with Gasteiger partial charge in [0.15, 0.2) is 29.2 Å². The van der Waals surface area contributed by atoms with Crippen LogP contribution in [0.1, 0.15) is 47.8 Å². The van der Waals surface area contributed by atoms with Crippen molar-refractivity contribution in [1.29, 1.82) is 0 Å². The van der Waals surface area contributed by atoms with Gasteiger partial charge in [0.25, 0.3) is 0 Å². The molecule has 0 amide bonds. The number of amidine groups is 2. The van der Waals surface area contributed by atoms with Crippen molar-refractivity contribution < 1.29 is 9.47 Å². The summed E-state index contributed by atoms with van der Waals surface area (Å²) in [6.07, 6.45) is -0.514. The first-order valence-corrected chi connectivity index (χ1v) is 19.1. The zero-order valence-corrected chi connectivity index (χ0v) is 30.4. The van der Waals surface area contributed by atoms with E-state index >= 15 is 0 Å². The van der Waals surface area contributed by atoms with Crippen LogP contribution in [-0.2, 0) is 5.41 Å². The van der Waals surface area contributed by atoms with Crippen LogP contribution >= 0.6 is 11.3 Å². The van der Waals surface area contributed by atoms with E-state index in [4.69, 9.17) is 19.5 Å². The molecule has 0 saturated heterocycles. The largest absolute Gasteiger partial charge is 0.449 e. The Bertz CT molecular complexity index is 2910. The number of benzene rings is 7. The molecular formula is C48H33N3O2S. The number of ether oxygens (including phenoxy) is 2. The number of para-hydroxylation sites is 1. The predicted octanol–water partition coefficient (Wildman–Crippen LogP) is 12.4. The first-order chi connectivity index (χ1) is 26.5. The van der Waals surface area contributed by atoms with Gasteiger partial charge in [0.05, 0.1) is 0 Å². The maximum Gasteiger partial charge on any atom is 0.177 e. The normalized spacial score (nSPS) is 16.2. The quantitative estimate of drug-likeness (QED) is 0.197. The highest BCUT2D eigenvalue weighted by atomic mass is 32.1. The van der Waals surface area contributed by atoms with Gasteiger partial charge in [-0.15, -0.1) is 11.3 Å². The molecule has 0 saturated carbocycles. The van der Waals surface area contributed by atoms with Crippen molar-refractivity contribution in [2.45, 2.75) is 25.4 Å². The van der Waals surface area contributed by atoms with Crippen LogP contribution in [0.2, 0.25) is 0 Å². The third kappa shape index (κ3) is 4.77. The molecule has 1 aliphatic carbocycles. The molecule has 1 N–H and O–H groups in total. The van der Waals surface area contributed by atoms with Crippen molar-refractivity contribution in [3.05, 3.63) is 179 Å². The summed E-state index contributed by atoms with van der Waals surface area (Å²) in [5.74, 6) is 4.36. The van der Waals surface area contributed by atoms with E-state index in [2.05, 4.69) is 140 Å². The smallest absolute Gasteiger partial charge is 0.177 e. The van der Waals surface area contributed by atoms with Gasteiger partial charge in [0, 0.05) is 47.8 Å². The minimum atomic E-state index is -0.514. The molecule has 8 aromatic rings. The number of hydrogen-bond donors (Lipinski definition) is 1. The van der Waals surface area contributed by atoms with Gasteiger partial charge in [-0.3, -0.25) is 0 Å². The average molecular weight is 716 g/mol. The van der Waals surface area contributed by atoms with Crippen molar-refractivity contribution in [3.8, 4) is 45.3 Å². The highest BCUT2D eigenvalue weighted by Crippen LogP contribution is 2.56. The molecule has 3 heterocycles. The maximum absolute atomic E-state index is 6.85. The number of nitrogens with one attached hydrogen (secondary N) is 1. The van der Waals surface area contributed by atoms with Crippen molar-refractivity contribution in [2.75, 3.05) is 0 Å². The molecule has 0 bridgehead atoms. The molecule has 0 spiro atoms. The van der Waals surface area contributed by atoms with Crippen LogP contribution in [0.5, 0.6) is 23.0 Å². The van der Waals surface area contributed by atoms with Gasteiger partial charge in [-0.2, -0.15) is 0 Å². The zero-order chi connectivity index (χ0) is 36.0. The number of fused-ring (bicyclic) bond motifs is 8. The Morgan fingerprint density at radius 1 is 0.519 bits per heavy atom. The lowest BCUT2D eigenvalue weighted by atomic mass is 9.82. The number of hydrogen-bond acceptors (Lipinski definition) is 6. The molecule has 54 heavy (non-hydrogen) atoms. The van der Waals surface area contributed by atoms with E-state index in [1.807, 2.05) is 30.3 Å². The Morgan fingerprint density at radius 2 is 1.22 bits per heavy atom. The summed E-state index contributed by atoms with van der Waals surface area (Å²) in [5.41, 5.74) is 9.75. The van der Waals surface area contributed by atoms with Crippen molar-refractivity contribution in [3.63, 3.8) is 0 Å². The Kier molecular flexibility index (Phi) is 6.76. The highest BCUT2D eigenvalue weighted by Gasteiger charge is 2.38. The minimum Gasteiger partial charge on any atom is -0.449 e. The molecule has 2 aliphatic heterocycles. The Morgan fingerprint density at radius 3 is 2.11 bits per heavy atom. The van der Waals surface area contributed by atoms with Crippen LogP contribution in [-0.4, -0.2) is 11.7 Å².